The van der Waals surface area contributed by atoms with Gasteiger partial charge in [-0.05, 0) is 18.8 Å². The molecule has 0 aromatic carbocycles. The normalized spacial score (nSPS) is 14.3. The van der Waals surface area contributed by atoms with E-state index < -0.39 is 0 Å². The zero-order chi connectivity index (χ0) is 7.28. The first-order valence-corrected chi connectivity index (χ1v) is 3.53. The summed E-state index contributed by atoms with van der Waals surface area (Å²) < 4.78 is 0. The third-order valence-electron chi connectivity index (χ3n) is 1.27. The first-order valence-electron chi connectivity index (χ1n) is 3.53. The Labute approximate surface area is 57.1 Å². The zero-order valence-electron chi connectivity index (χ0n) is 6.30. The van der Waals surface area contributed by atoms with E-state index >= 15 is 0 Å². The van der Waals surface area contributed by atoms with Crippen LogP contribution in [0.4, 0.5) is 0 Å². The van der Waals surface area contributed by atoms with Gasteiger partial charge in [0.2, 0.25) is 0 Å². The average molecular weight is 131 g/mol. The summed E-state index contributed by atoms with van der Waals surface area (Å²) >= 11 is 0. The van der Waals surface area contributed by atoms with Crippen LogP contribution < -0.4 is 5.73 Å². The lowest BCUT2D eigenvalue weighted by molar-refractivity contribution is 0.268. The Balaban J connectivity index is 3.15. The molecule has 9 heavy (non-hydrogen) atoms. The summed E-state index contributed by atoms with van der Waals surface area (Å²) in [6.07, 6.45) is 1.75. The predicted molar refractivity (Wildman–Crippen MR) is 39.1 cm³/mol. The van der Waals surface area contributed by atoms with Crippen molar-refractivity contribution >= 4 is 0 Å². The number of nitrogens with two attached hydrogens (primary N) is 1. The quantitative estimate of drug-likeness (QED) is 0.591. The molecule has 0 saturated carbocycles. The SMILES string of the molecule is CC(C)CC(N)CCO. The van der Waals surface area contributed by atoms with Crippen molar-refractivity contribution in [3.63, 3.8) is 0 Å². The number of rotatable bonds is 4. The molecule has 0 radical (unpaired) electrons. The van der Waals surface area contributed by atoms with Gasteiger partial charge < -0.3 is 10.8 Å². The smallest absolute Gasteiger partial charge is 0.0445 e. The van der Waals surface area contributed by atoms with Crippen molar-refractivity contribution in [1.29, 1.82) is 0 Å². The molecule has 0 rings (SSSR count). The van der Waals surface area contributed by atoms with Gasteiger partial charge in [-0.1, -0.05) is 13.8 Å². The third kappa shape index (κ3) is 5.80. The van der Waals surface area contributed by atoms with E-state index in [4.69, 9.17) is 10.8 Å². The highest BCUT2D eigenvalue weighted by molar-refractivity contribution is 4.61. The van der Waals surface area contributed by atoms with E-state index in [1.165, 1.54) is 0 Å². The molecule has 1 atom stereocenters. The van der Waals surface area contributed by atoms with Gasteiger partial charge in [0.1, 0.15) is 0 Å². The molecular formula is C7H17NO. The lowest BCUT2D eigenvalue weighted by atomic mass is 10.0. The summed E-state index contributed by atoms with van der Waals surface area (Å²) in [4.78, 5) is 0. The van der Waals surface area contributed by atoms with E-state index in [9.17, 15) is 0 Å². The van der Waals surface area contributed by atoms with Crippen LogP contribution in [0.3, 0.4) is 0 Å². The Morgan fingerprint density at radius 2 is 2.00 bits per heavy atom. The summed E-state index contributed by atoms with van der Waals surface area (Å²) in [6.45, 7) is 4.49. The summed E-state index contributed by atoms with van der Waals surface area (Å²) in [6, 6.07) is 0.190. The highest BCUT2D eigenvalue weighted by Gasteiger charge is 2.02. The second-order valence-corrected chi connectivity index (χ2v) is 2.90. The Morgan fingerprint density at radius 3 is 2.33 bits per heavy atom. The molecular weight excluding hydrogens is 114 g/mol. The van der Waals surface area contributed by atoms with Gasteiger partial charge in [0.25, 0.3) is 0 Å². The van der Waals surface area contributed by atoms with E-state index in [-0.39, 0.29) is 12.6 Å². The Kier molecular flexibility index (Phi) is 4.72. The minimum absolute atomic E-state index is 0.190. The molecule has 0 saturated heterocycles. The highest BCUT2D eigenvalue weighted by atomic mass is 16.3. The zero-order valence-corrected chi connectivity index (χ0v) is 6.30. The minimum atomic E-state index is 0.190. The summed E-state index contributed by atoms with van der Waals surface area (Å²) in [5.41, 5.74) is 5.63. The predicted octanol–water partition coefficient (Wildman–Crippen LogP) is 0.742. The van der Waals surface area contributed by atoms with Gasteiger partial charge in [0.05, 0.1) is 0 Å². The molecule has 56 valence electrons. The Hall–Kier alpha value is -0.0800. The molecule has 3 N–H and O–H groups in total. The van der Waals surface area contributed by atoms with E-state index in [2.05, 4.69) is 13.8 Å². The molecule has 0 aromatic rings. The summed E-state index contributed by atoms with van der Waals surface area (Å²) in [5.74, 6) is 0.645. The first-order chi connectivity index (χ1) is 4.16. The van der Waals surface area contributed by atoms with Crippen molar-refractivity contribution in [2.24, 2.45) is 11.7 Å². The second kappa shape index (κ2) is 4.77. The fourth-order valence-corrected chi connectivity index (χ4v) is 0.889. The maximum absolute atomic E-state index is 8.47. The molecule has 2 heteroatoms. The van der Waals surface area contributed by atoms with E-state index in [1.54, 1.807) is 0 Å². The van der Waals surface area contributed by atoms with E-state index in [0.717, 1.165) is 12.8 Å². The molecule has 0 fully saturated rings. The maximum atomic E-state index is 8.47. The second-order valence-electron chi connectivity index (χ2n) is 2.90. The van der Waals surface area contributed by atoms with Gasteiger partial charge in [-0.3, -0.25) is 0 Å². The lowest BCUT2D eigenvalue weighted by Crippen LogP contribution is -2.23. The summed E-state index contributed by atoms with van der Waals surface area (Å²) in [7, 11) is 0. The van der Waals surface area contributed by atoms with Gasteiger partial charge in [-0.15, -0.1) is 0 Å². The number of aliphatic hydroxyl groups excluding tert-OH is 1. The fourth-order valence-electron chi connectivity index (χ4n) is 0.889. The van der Waals surface area contributed by atoms with Gasteiger partial charge in [-0.25, -0.2) is 0 Å². The van der Waals surface area contributed by atoms with Gasteiger partial charge in [0, 0.05) is 12.6 Å². The van der Waals surface area contributed by atoms with Crippen LogP contribution in [-0.2, 0) is 0 Å². The molecule has 0 heterocycles. The third-order valence-corrected chi connectivity index (χ3v) is 1.27. The molecule has 0 spiro atoms. The van der Waals surface area contributed by atoms with Crippen LogP contribution in [0.5, 0.6) is 0 Å². The lowest BCUT2D eigenvalue weighted by Gasteiger charge is -2.11. The topological polar surface area (TPSA) is 46.2 Å². The molecule has 0 aliphatic rings. The van der Waals surface area contributed by atoms with Crippen molar-refractivity contribution in [3.05, 3.63) is 0 Å². The van der Waals surface area contributed by atoms with Gasteiger partial charge in [-0.2, -0.15) is 0 Å². The van der Waals surface area contributed by atoms with Crippen LogP contribution in [0.25, 0.3) is 0 Å². The molecule has 1 unspecified atom stereocenters. The van der Waals surface area contributed by atoms with Crippen LogP contribution in [0.15, 0.2) is 0 Å². The molecule has 0 bridgehead atoms. The van der Waals surface area contributed by atoms with Crippen molar-refractivity contribution < 1.29 is 5.11 Å². The molecule has 2 nitrogen and oxygen atoms in total. The summed E-state index contributed by atoms with van der Waals surface area (Å²) in [5, 5.41) is 8.47. The Morgan fingerprint density at radius 1 is 1.44 bits per heavy atom. The van der Waals surface area contributed by atoms with E-state index in [1.807, 2.05) is 0 Å². The largest absolute Gasteiger partial charge is 0.396 e. The van der Waals surface area contributed by atoms with E-state index in [0.29, 0.717) is 5.92 Å². The van der Waals surface area contributed by atoms with Gasteiger partial charge in [0.15, 0.2) is 0 Å². The van der Waals surface area contributed by atoms with Crippen LogP contribution in [0, 0.1) is 5.92 Å². The van der Waals surface area contributed by atoms with Crippen LogP contribution >= 0.6 is 0 Å². The van der Waals surface area contributed by atoms with Crippen molar-refractivity contribution in [3.8, 4) is 0 Å². The van der Waals surface area contributed by atoms with Crippen molar-refractivity contribution in [1.82, 2.24) is 0 Å². The first kappa shape index (κ1) is 8.92. The molecule has 0 amide bonds. The highest BCUT2D eigenvalue weighted by Crippen LogP contribution is 2.04. The van der Waals surface area contributed by atoms with Crippen LogP contribution in [0.2, 0.25) is 0 Å². The van der Waals surface area contributed by atoms with Crippen molar-refractivity contribution in [2.45, 2.75) is 32.7 Å². The Bertz CT molecular complexity index is 63.9. The van der Waals surface area contributed by atoms with Crippen LogP contribution in [0.1, 0.15) is 26.7 Å². The number of hydrogen-bond acceptors (Lipinski definition) is 2. The number of hydrogen-bond donors (Lipinski definition) is 2. The van der Waals surface area contributed by atoms with Gasteiger partial charge >= 0.3 is 0 Å². The molecule has 0 aromatic heterocycles. The van der Waals surface area contributed by atoms with Crippen molar-refractivity contribution in [2.75, 3.05) is 6.61 Å². The fraction of sp³-hybridized carbons (Fsp3) is 1.00. The molecule has 0 aliphatic carbocycles. The minimum Gasteiger partial charge on any atom is -0.396 e. The standard InChI is InChI=1S/C7H17NO/c1-6(2)5-7(8)3-4-9/h6-7,9H,3-5,8H2,1-2H3. The average Bonchev–Trinajstić information content (AvgIpc) is 1.63. The monoisotopic (exact) mass is 131 g/mol. The van der Waals surface area contributed by atoms with Crippen LogP contribution in [-0.4, -0.2) is 17.8 Å². The molecule has 0 aliphatic heterocycles. The number of aliphatic hydroxyl groups is 1. The maximum Gasteiger partial charge on any atom is 0.0445 e.